The number of pyridine rings is 1. The molecule has 0 fully saturated rings. The van der Waals surface area contributed by atoms with Crippen molar-refractivity contribution in [3.8, 4) is 5.75 Å². The molecule has 0 saturated heterocycles. The third-order valence-corrected chi connectivity index (χ3v) is 9.07. The van der Waals surface area contributed by atoms with E-state index < -0.39 is 25.9 Å². The number of imidazole rings is 1. The molecule has 11 nitrogen and oxygen atoms in total. The summed E-state index contributed by atoms with van der Waals surface area (Å²) >= 11 is 0. The summed E-state index contributed by atoms with van der Waals surface area (Å²) in [6.45, 7) is 8.50. The van der Waals surface area contributed by atoms with Crippen LogP contribution in [-0.2, 0) is 36.5 Å². The number of nitrogens with zero attached hydrogens (tertiary/aromatic N) is 3. The van der Waals surface area contributed by atoms with E-state index in [1.807, 2.05) is 73.0 Å². The summed E-state index contributed by atoms with van der Waals surface area (Å²) < 4.78 is 39.8. The lowest BCUT2D eigenvalue weighted by atomic mass is 10.1. The number of anilines is 1. The van der Waals surface area contributed by atoms with Crippen molar-refractivity contribution in [3.05, 3.63) is 72.6 Å². The van der Waals surface area contributed by atoms with Crippen LogP contribution in [0.3, 0.4) is 0 Å². The highest BCUT2D eigenvalue weighted by atomic mass is 31.2. The van der Waals surface area contributed by atoms with Crippen LogP contribution in [0.25, 0.3) is 32.7 Å². The molecule has 0 amide bonds. The monoisotopic (exact) mass is 633 g/mol. The lowest BCUT2D eigenvalue weighted by molar-refractivity contribution is -0.145. The van der Waals surface area contributed by atoms with E-state index in [9.17, 15) is 9.36 Å². The average Bonchev–Trinajstić information content (AvgIpc) is 3.38. The number of nitrogens with two attached hydrogens (primary N) is 1. The minimum atomic E-state index is -4.15. The summed E-state index contributed by atoms with van der Waals surface area (Å²) in [5.41, 5.74) is 8.39. The first-order valence-electron chi connectivity index (χ1n) is 15.2. The van der Waals surface area contributed by atoms with Crippen LogP contribution in [0, 0.1) is 0 Å². The van der Waals surface area contributed by atoms with Gasteiger partial charge in [-0.1, -0.05) is 61.9 Å². The molecule has 0 saturated carbocycles. The zero-order chi connectivity index (χ0) is 32.0. The van der Waals surface area contributed by atoms with E-state index in [-0.39, 0.29) is 19.8 Å². The Kier molecular flexibility index (Phi) is 10.4. The van der Waals surface area contributed by atoms with E-state index in [1.165, 1.54) is 0 Å². The average molecular weight is 634 g/mol. The first-order chi connectivity index (χ1) is 21.7. The summed E-state index contributed by atoms with van der Waals surface area (Å²) in [6, 6.07) is 19.9. The molecule has 3 aromatic carbocycles. The van der Waals surface area contributed by atoms with Gasteiger partial charge in [0.25, 0.3) is 0 Å². The molecule has 0 aliphatic rings. The fraction of sp³-hybridized carbons (Fsp3) is 0.364. The normalized spacial score (nSPS) is 14.4. The Morgan fingerprint density at radius 3 is 2.56 bits per heavy atom. The molecular formula is C33H40N5O6P. The number of carbonyl (C=O) groups is 1. The molecule has 2 heterocycles. The molecule has 5 aromatic rings. The van der Waals surface area contributed by atoms with E-state index in [0.29, 0.717) is 29.5 Å². The number of ether oxygens (including phenoxy) is 2. The zero-order valence-corrected chi connectivity index (χ0v) is 27.0. The largest absolute Gasteiger partial charge is 0.465 e. The molecule has 1 unspecified atom stereocenters. The highest BCUT2D eigenvalue weighted by Crippen LogP contribution is 2.47. The van der Waals surface area contributed by atoms with Crippen molar-refractivity contribution in [2.75, 3.05) is 18.9 Å². The third kappa shape index (κ3) is 7.62. The second kappa shape index (κ2) is 14.4. The molecule has 238 valence electrons. The maximum absolute atomic E-state index is 14.4. The van der Waals surface area contributed by atoms with Gasteiger partial charge in [0, 0.05) is 12.0 Å². The number of unbranched alkanes of at least 4 members (excludes halogenated alkanes) is 1. The molecule has 5 rings (SSSR count). The molecule has 0 spiro atoms. The molecule has 0 aliphatic heterocycles. The number of nitrogen functional groups attached to an aromatic ring is 1. The second-order valence-corrected chi connectivity index (χ2v) is 12.5. The van der Waals surface area contributed by atoms with Crippen molar-refractivity contribution in [1.29, 1.82) is 0 Å². The molecule has 0 aliphatic carbocycles. The number of hydrogen-bond acceptors (Lipinski definition) is 9. The van der Waals surface area contributed by atoms with Gasteiger partial charge in [-0.25, -0.2) is 14.5 Å². The van der Waals surface area contributed by atoms with Crippen LogP contribution in [0.4, 0.5) is 5.82 Å². The Morgan fingerprint density at radius 2 is 1.78 bits per heavy atom. The second-order valence-electron chi connectivity index (χ2n) is 10.9. The lowest BCUT2D eigenvalue weighted by Gasteiger charge is -2.26. The lowest BCUT2D eigenvalue weighted by Crippen LogP contribution is -2.36. The topological polar surface area (TPSA) is 140 Å². The Labute approximate surface area is 262 Å². The van der Waals surface area contributed by atoms with Gasteiger partial charge < -0.3 is 24.3 Å². The van der Waals surface area contributed by atoms with Gasteiger partial charge in [0.1, 0.15) is 29.7 Å². The van der Waals surface area contributed by atoms with Crippen LogP contribution in [0.5, 0.6) is 5.75 Å². The highest BCUT2D eigenvalue weighted by molar-refractivity contribution is 7.52. The van der Waals surface area contributed by atoms with Gasteiger partial charge in [0.05, 0.1) is 30.3 Å². The van der Waals surface area contributed by atoms with Gasteiger partial charge in [0.2, 0.25) is 0 Å². The van der Waals surface area contributed by atoms with Crippen molar-refractivity contribution >= 4 is 52.2 Å². The summed E-state index contributed by atoms with van der Waals surface area (Å²) in [4.78, 5) is 22.1. The Morgan fingerprint density at radius 1 is 1.02 bits per heavy atom. The molecule has 12 heteroatoms. The smallest absolute Gasteiger partial charge is 0.459 e. The number of benzene rings is 3. The predicted octanol–water partition coefficient (Wildman–Crippen LogP) is 6.77. The van der Waals surface area contributed by atoms with Crippen LogP contribution in [0.15, 0.2) is 66.7 Å². The zero-order valence-electron chi connectivity index (χ0n) is 26.1. The fourth-order valence-corrected chi connectivity index (χ4v) is 6.77. The van der Waals surface area contributed by atoms with E-state index in [2.05, 4.69) is 10.1 Å². The molecule has 45 heavy (non-hydrogen) atoms. The number of carbonyl (C=O) groups excluding carboxylic acids is 1. The molecule has 3 atom stereocenters. The maximum atomic E-state index is 14.4. The molecule has 0 radical (unpaired) electrons. The Balaban J connectivity index is 1.47. The summed E-state index contributed by atoms with van der Waals surface area (Å²) in [7, 11) is -4.15. The summed E-state index contributed by atoms with van der Waals surface area (Å²) in [5, 5.41) is 5.58. The van der Waals surface area contributed by atoms with Gasteiger partial charge in [0.15, 0.2) is 5.82 Å². The van der Waals surface area contributed by atoms with Crippen LogP contribution in [0.2, 0.25) is 0 Å². The van der Waals surface area contributed by atoms with E-state index >= 15 is 0 Å². The van der Waals surface area contributed by atoms with E-state index in [0.717, 1.165) is 40.0 Å². The van der Waals surface area contributed by atoms with Crippen molar-refractivity contribution in [2.24, 2.45) is 0 Å². The van der Waals surface area contributed by atoms with Crippen molar-refractivity contribution in [1.82, 2.24) is 19.6 Å². The standard InChI is InChI=1S/C33H40N5O6P/c1-5-7-18-42-33(39)23(4)37-45(40,44-26-17-16-24-12-8-9-13-25(24)19-26)43-22(3)20-38-29(21-41-6-2)36-30-31(38)27-14-10-11-15-28(27)35-32(30)34/h8-17,19,22-23H,5-7,18,20-21H2,1-4H3,(H2,34,35)(H,37,40)/t22-,23+,45?/m1/s1. The van der Waals surface area contributed by atoms with Crippen molar-refractivity contribution < 1.29 is 27.9 Å². The first-order valence-corrected chi connectivity index (χ1v) is 16.8. The molecular weight excluding hydrogens is 593 g/mol. The van der Waals surface area contributed by atoms with Gasteiger partial charge in [-0.05, 0) is 56.2 Å². The summed E-state index contributed by atoms with van der Waals surface area (Å²) in [5.74, 6) is 0.712. The fourth-order valence-electron chi connectivity index (χ4n) is 5.11. The SMILES string of the molecule is CCCCOC(=O)[C@H](C)NP(=O)(Oc1ccc2ccccc2c1)O[C@H](C)Cn1c(COCC)nc2c(N)nc3ccccc3c21. The number of para-hydroxylation sites is 1. The summed E-state index contributed by atoms with van der Waals surface area (Å²) in [6.07, 6.45) is 0.928. The maximum Gasteiger partial charge on any atom is 0.459 e. The van der Waals surface area contributed by atoms with E-state index in [1.54, 1.807) is 26.0 Å². The minimum absolute atomic E-state index is 0.231. The number of fused-ring (bicyclic) bond motifs is 4. The number of esters is 1. The number of rotatable bonds is 15. The Bertz CT molecular complexity index is 1840. The number of nitrogens with one attached hydrogen (secondary N) is 1. The van der Waals surface area contributed by atoms with Gasteiger partial charge in [-0.15, -0.1) is 0 Å². The molecule has 2 aromatic heterocycles. The predicted molar refractivity (Wildman–Crippen MR) is 176 cm³/mol. The number of aromatic nitrogens is 3. The van der Waals surface area contributed by atoms with Crippen LogP contribution in [-0.4, -0.2) is 45.9 Å². The van der Waals surface area contributed by atoms with Crippen molar-refractivity contribution in [2.45, 2.75) is 65.8 Å². The van der Waals surface area contributed by atoms with Crippen LogP contribution in [0.1, 0.15) is 46.4 Å². The first kappa shape index (κ1) is 32.4. The third-order valence-electron chi connectivity index (χ3n) is 7.28. The Hall–Kier alpha value is -4.02. The van der Waals surface area contributed by atoms with Crippen LogP contribution >= 0.6 is 7.75 Å². The van der Waals surface area contributed by atoms with Gasteiger partial charge in [-0.2, -0.15) is 5.09 Å². The molecule has 3 N–H and O–H groups in total. The number of hydrogen-bond donors (Lipinski definition) is 2. The van der Waals surface area contributed by atoms with Gasteiger partial charge >= 0.3 is 13.7 Å². The van der Waals surface area contributed by atoms with Gasteiger partial charge in [-0.3, -0.25) is 9.32 Å². The van der Waals surface area contributed by atoms with Crippen molar-refractivity contribution in [3.63, 3.8) is 0 Å². The van der Waals surface area contributed by atoms with Crippen LogP contribution < -0.4 is 15.3 Å². The molecule has 0 bridgehead atoms. The minimum Gasteiger partial charge on any atom is -0.465 e. The quantitative estimate of drug-likeness (QED) is 0.0721. The van der Waals surface area contributed by atoms with E-state index in [4.69, 9.17) is 29.2 Å². The highest BCUT2D eigenvalue weighted by Gasteiger charge is 2.35.